The largest absolute Gasteiger partial charge is 0.451 e. The maximum absolute atomic E-state index is 12.6. The molecule has 2 aromatic carbocycles. The maximum Gasteiger partial charge on any atom is 0.292 e. The van der Waals surface area contributed by atoms with Gasteiger partial charge >= 0.3 is 0 Å². The van der Waals surface area contributed by atoms with Gasteiger partial charge in [-0.3, -0.25) is 14.6 Å². The molecule has 0 spiro atoms. The number of anilines is 1. The van der Waals surface area contributed by atoms with Crippen LogP contribution in [0.15, 0.2) is 70.5 Å². The zero-order valence-corrected chi connectivity index (χ0v) is 18.2. The number of fused-ring (bicyclic) bond motifs is 1. The van der Waals surface area contributed by atoms with Gasteiger partial charge < -0.3 is 14.6 Å². The Morgan fingerprint density at radius 2 is 1.85 bits per heavy atom. The number of benzene rings is 2. The number of hydrogen-bond acceptors (Lipinski definition) is 7. The van der Waals surface area contributed by atoms with Gasteiger partial charge in [0.25, 0.3) is 5.91 Å². The maximum atomic E-state index is 12.6. The predicted molar refractivity (Wildman–Crippen MR) is 123 cm³/mol. The van der Waals surface area contributed by atoms with Crippen molar-refractivity contribution in [2.75, 3.05) is 5.32 Å². The van der Waals surface area contributed by atoms with Crippen molar-refractivity contribution in [3.63, 3.8) is 0 Å². The lowest BCUT2D eigenvalue weighted by Gasteiger charge is -2.12. The second kappa shape index (κ2) is 7.67. The Morgan fingerprint density at radius 3 is 2.55 bits per heavy atom. The Balaban J connectivity index is 1.37. The van der Waals surface area contributed by atoms with Crippen molar-refractivity contribution in [3.05, 3.63) is 77.8 Å². The summed E-state index contributed by atoms with van der Waals surface area (Å²) in [6, 6.07) is 14.6. The van der Waals surface area contributed by atoms with Gasteiger partial charge in [0.2, 0.25) is 5.78 Å². The molecule has 0 radical (unpaired) electrons. The molecule has 0 atom stereocenters. The smallest absolute Gasteiger partial charge is 0.292 e. The van der Waals surface area contributed by atoms with Crippen molar-refractivity contribution < 1.29 is 18.8 Å². The van der Waals surface area contributed by atoms with Crippen LogP contribution in [0.2, 0.25) is 0 Å². The summed E-state index contributed by atoms with van der Waals surface area (Å²) in [5.74, 6) is -0.0971. The van der Waals surface area contributed by atoms with E-state index >= 15 is 0 Å². The van der Waals surface area contributed by atoms with Crippen molar-refractivity contribution in [2.45, 2.75) is 26.4 Å². The number of nitrogens with zero attached hydrogens (tertiary/aromatic N) is 3. The first-order valence-corrected chi connectivity index (χ1v) is 10.4. The summed E-state index contributed by atoms with van der Waals surface area (Å²) in [5.41, 5.74) is 2.95. The van der Waals surface area contributed by atoms with Crippen LogP contribution in [0.1, 0.15) is 35.5 Å². The fraction of sp³-hybridized carbons (Fsp3) is 0.160. The average molecular weight is 440 g/mol. The number of aryl methyl sites for hydroxylation is 1. The van der Waals surface area contributed by atoms with Gasteiger partial charge in [0.1, 0.15) is 5.58 Å². The van der Waals surface area contributed by atoms with Gasteiger partial charge in [0.15, 0.2) is 22.9 Å². The highest BCUT2D eigenvalue weighted by Gasteiger charge is 2.40. The summed E-state index contributed by atoms with van der Waals surface area (Å²) in [7, 11) is 0. The van der Waals surface area contributed by atoms with Crippen molar-refractivity contribution in [3.8, 4) is 11.3 Å². The number of ketones is 1. The van der Waals surface area contributed by atoms with Crippen LogP contribution in [0, 0.1) is 6.92 Å². The standard InChI is InChI=1S/C25H20N4O4/c1-14-8-9-16(22-23(30)25(2,3)33-29-22)10-17(14)18-12-27-21(13-26-18)28-24(31)20-11-15-6-4-5-7-19(15)32-20/h4-13H,1-3H3,(H,27,28,31). The molecule has 1 amide bonds. The van der Waals surface area contributed by atoms with Crippen molar-refractivity contribution in [1.82, 2.24) is 9.97 Å². The zero-order chi connectivity index (χ0) is 23.2. The third kappa shape index (κ3) is 3.76. The van der Waals surface area contributed by atoms with E-state index in [1.54, 1.807) is 32.2 Å². The lowest BCUT2D eigenvalue weighted by molar-refractivity contribution is -0.128. The highest BCUT2D eigenvalue weighted by atomic mass is 16.7. The summed E-state index contributed by atoms with van der Waals surface area (Å²) < 4.78 is 5.59. The van der Waals surface area contributed by atoms with Gasteiger partial charge in [-0.1, -0.05) is 35.5 Å². The normalized spacial score (nSPS) is 14.8. The predicted octanol–water partition coefficient (Wildman–Crippen LogP) is 4.53. The van der Waals surface area contributed by atoms with Crippen LogP contribution in [0.3, 0.4) is 0 Å². The second-order valence-electron chi connectivity index (χ2n) is 8.29. The highest BCUT2D eigenvalue weighted by molar-refractivity contribution is 6.49. The summed E-state index contributed by atoms with van der Waals surface area (Å²) >= 11 is 0. The quantitative estimate of drug-likeness (QED) is 0.500. The molecule has 1 aliphatic rings. The topological polar surface area (TPSA) is 107 Å². The molecule has 0 unspecified atom stereocenters. The van der Waals surface area contributed by atoms with E-state index < -0.39 is 11.5 Å². The Hall–Kier alpha value is -4.33. The molecule has 0 saturated heterocycles. The Morgan fingerprint density at radius 1 is 1.03 bits per heavy atom. The monoisotopic (exact) mass is 440 g/mol. The van der Waals surface area contributed by atoms with Crippen LogP contribution < -0.4 is 5.32 Å². The molecule has 0 fully saturated rings. The molecule has 0 saturated carbocycles. The van der Waals surface area contributed by atoms with E-state index in [2.05, 4.69) is 20.4 Å². The molecule has 4 aromatic rings. The summed E-state index contributed by atoms with van der Waals surface area (Å²) in [5, 5.41) is 7.51. The van der Waals surface area contributed by atoms with E-state index in [0.29, 0.717) is 22.7 Å². The van der Waals surface area contributed by atoms with Crippen LogP contribution in [-0.2, 0) is 9.63 Å². The van der Waals surface area contributed by atoms with Crippen molar-refractivity contribution in [2.24, 2.45) is 5.16 Å². The third-order valence-corrected chi connectivity index (χ3v) is 5.46. The number of Topliss-reactive ketones (excluding diaryl/α,β-unsaturated/α-hetero) is 1. The molecule has 164 valence electrons. The Kier molecular flexibility index (Phi) is 4.78. The summed E-state index contributed by atoms with van der Waals surface area (Å²) in [6.07, 6.45) is 3.05. The Labute approximate surface area is 189 Å². The van der Waals surface area contributed by atoms with Gasteiger partial charge in [0.05, 0.1) is 18.1 Å². The van der Waals surface area contributed by atoms with Gasteiger partial charge in [-0.15, -0.1) is 0 Å². The van der Waals surface area contributed by atoms with E-state index in [-0.39, 0.29) is 17.3 Å². The lowest BCUT2D eigenvalue weighted by atomic mass is 9.93. The molecular weight excluding hydrogens is 420 g/mol. The molecule has 0 bridgehead atoms. The van der Waals surface area contributed by atoms with E-state index in [0.717, 1.165) is 16.5 Å². The van der Waals surface area contributed by atoms with E-state index in [1.807, 2.05) is 43.3 Å². The number of nitrogens with one attached hydrogen (secondary N) is 1. The Bertz CT molecular complexity index is 1400. The minimum absolute atomic E-state index is 0.174. The lowest BCUT2D eigenvalue weighted by Crippen LogP contribution is -2.33. The van der Waals surface area contributed by atoms with Gasteiger partial charge in [0, 0.05) is 16.5 Å². The zero-order valence-electron chi connectivity index (χ0n) is 18.2. The first-order chi connectivity index (χ1) is 15.8. The third-order valence-electron chi connectivity index (χ3n) is 5.46. The molecule has 8 heteroatoms. The highest BCUT2D eigenvalue weighted by Crippen LogP contribution is 2.27. The van der Waals surface area contributed by atoms with Crippen LogP contribution in [0.25, 0.3) is 22.2 Å². The van der Waals surface area contributed by atoms with Crippen molar-refractivity contribution >= 4 is 34.2 Å². The van der Waals surface area contributed by atoms with Gasteiger partial charge in [-0.2, -0.15) is 0 Å². The summed E-state index contributed by atoms with van der Waals surface area (Å²) in [6.45, 7) is 5.31. The number of amides is 1. The number of furan rings is 1. The first-order valence-electron chi connectivity index (χ1n) is 10.4. The van der Waals surface area contributed by atoms with Gasteiger partial charge in [-0.25, -0.2) is 4.98 Å². The molecule has 5 rings (SSSR count). The minimum atomic E-state index is -0.972. The van der Waals surface area contributed by atoms with Crippen molar-refractivity contribution in [1.29, 1.82) is 0 Å². The van der Waals surface area contributed by atoms with Gasteiger partial charge in [-0.05, 0) is 44.5 Å². The number of aromatic nitrogens is 2. The molecule has 2 aromatic heterocycles. The minimum Gasteiger partial charge on any atom is -0.451 e. The second-order valence-corrected chi connectivity index (χ2v) is 8.29. The molecular formula is C25H20N4O4. The van der Waals surface area contributed by atoms with Crippen LogP contribution in [0.4, 0.5) is 5.82 Å². The first kappa shape index (κ1) is 20.6. The molecule has 1 N–H and O–H groups in total. The molecule has 3 heterocycles. The average Bonchev–Trinajstić information content (AvgIpc) is 3.36. The fourth-order valence-electron chi connectivity index (χ4n) is 3.56. The van der Waals surface area contributed by atoms with E-state index in [1.165, 1.54) is 6.20 Å². The number of hydrogen-bond donors (Lipinski definition) is 1. The SMILES string of the molecule is Cc1ccc(C2=NOC(C)(C)C2=O)cc1-c1cnc(NC(=O)c2cc3ccccc3o2)cn1. The molecule has 33 heavy (non-hydrogen) atoms. The number of para-hydroxylation sites is 1. The van der Waals surface area contributed by atoms with Crippen LogP contribution in [-0.4, -0.2) is 33.0 Å². The fourth-order valence-corrected chi connectivity index (χ4v) is 3.56. The molecule has 8 nitrogen and oxygen atoms in total. The number of carbonyl (C=O) groups excluding carboxylic acids is 2. The van der Waals surface area contributed by atoms with Crippen LogP contribution >= 0.6 is 0 Å². The molecule has 1 aliphatic heterocycles. The number of oxime groups is 1. The van der Waals surface area contributed by atoms with E-state index in [9.17, 15) is 9.59 Å². The number of carbonyl (C=O) groups is 2. The van der Waals surface area contributed by atoms with E-state index in [4.69, 9.17) is 9.25 Å². The number of rotatable bonds is 4. The van der Waals surface area contributed by atoms with Crippen LogP contribution in [0.5, 0.6) is 0 Å². The summed E-state index contributed by atoms with van der Waals surface area (Å²) in [4.78, 5) is 39.1. The molecule has 0 aliphatic carbocycles.